The van der Waals surface area contributed by atoms with E-state index in [1.807, 2.05) is 30.3 Å². The number of nitrogens with zero attached hydrogens (tertiary/aromatic N) is 1. The molecule has 0 bridgehead atoms. The Kier molecular flexibility index (Phi) is 5.83. The summed E-state index contributed by atoms with van der Waals surface area (Å²) < 4.78 is 5.46. The van der Waals surface area contributed by atoms with Crippen LogP contribution in [0.2, 0.25) is 0 Å². The second-order valence-electron chi connectivity index (χ2n) is 4.59. The summed E-state index contributed by atoms with van der Waals surface area (Å²) in [4.78, 5) is 12.1. The van der Waals surface area contributed by atoms with E-state index in [-0.39, 0.29) is 11.7 Å². The Hall–Kier alpha value is -2.24. The highest BCUT2D eigenvalue weighted by molar-refractivity contribution is 6.06. The number of para-hydroxylation sites is 1. The molecular formula is C14H21N3O3. The van der Waals surface area contributed by atoms with Crippen molar-refractivity contribution in [1.29, 1.82) is 0 Å². The largest absolute Gasteiger partial charge is 0.492 e. The van der Waals surface area contributed by atoms with Gasteiger partial charge in [0.15, 0.2) is 5.84 Å². The van der Waals surface area contributed by atoms with Crippen molar-refractivity contribution in [2.75, 3.05) is 13.2 Å². The summed E-state index contributed by atoms with van der Waals surface area (Å²) in [5, 5.41) is 14.4. The van der Waals surface area contributed by atoms with Crippen LogP contribution in [-0.2, 0) is 4.79 Å². The second-order valence-corrected chi connectivity index (χ2v) is 4.59. The van der Waals surface area contributed by atoms with Crippen molar-refractivity contribution >= 4 is 11.7 Å². The van der Waals surface area contributed by atoms with Gasteiger partial charge in [-0.2, -0.15) is 0 Å². The van der Waals surface area contributed by atoms with Crippen LogP contribution in [0.25, 0.3) is 0 Å². The van der Waals surface area contributed by atoms with Crippen molar-refractivity contribution in [2.24, 2.45) is 16.3 Å². The van der Waals surface area contributed by atoms with Crippen molar-refractivity contribution in [3.05, 3.63) is 30.3 Å². The Bertz CT molecular complexity index is 462. The fraction of sp³-hybridized carbons (Fsp3) is 0.429. The summed E-state index contributed by atoms with van der Waals surface area (Å²) in [6.45, 7) is 4.14. The molecule has 0 saturated heterocycles. The van der Waals surface area contributed by atoms with E-state index in [2.05, 4.69) is 10.5 Å². The van der Waals surface area contributed by atoms with E-state index in [9.17, 15) is 4.79 Å². The first-order chi connectivity index (χ1) is 9.54. The molecule has 0 aromatic heterocycles. The normalized spacial score (nSPS) is 14.4. The molecular weight excluding hydrogens is 258 g/mol. The molecule has 1 rings (SSSR count). The molecule has 0 aliphatic rings. The van der Waals surface area contributed by atoms with Gasteiger partial charge in [0.05, 0.1) is 6.54 Å². The van der Waals surface area contributed by atoms with Crippen LogP contribution in [0.1, 0.15) is 20.3 Å². The number of nitrogens with one attached hydrogen (secondary N) is 1. The number of oxime groups is 1. The van der Waals surface area contributed by atoms with Crippen LogP contribution in [0.15, 0.2) is 35.5 Å². The van der Waals surface area contributed by atoms with Crippen molar-refractivity contribution in [2.45, 2.75) is 20.3 Å². The second kappa shape index (κ2) is 7.37. The molecule has 0 spiro atoms. The lowest BCUT2D eigenvalue weighted by Crippen LogP contribution is -2.48. The van der Waals surface area contributed by atoms with Crippen LogP contribution in [0.5, 0.6) is 5.75 Å². The molecule has 1 amide bonds. The molecule has 1 aromatic rings. The Morgan fingerprint density at radius 2 is 2.10 bits per heavy atom. The van der Waals surface area contributed by atoms with Crippen molar-refractivity contribution in [1.82, 2.24) is 5.32 Å². The van der Waals surface area contributed by atoms with Crippen LogP contribution in [0.4, 0.5) is 0 Å². The van der Waals surface area contributed by atoms with E-state index >= 15 is 0 Å². The Balaban J connectivity index is 2.43. The van der Waals surface area contributed by atoms with Gasteiger partial charge in [0, 0.05) is 0 Å². The molecule has 1 unspecified atom stereocenters. The first kappa shape index (κ1) is 15.8. The van der Waals surface area contributed by atoms with Crippen LogP contribution in [-0.4, -0.2) is 30.1 Å². The van der Waals surface area contributed by atoms with Gasteiger partial charge in [-0.3, -0.25) is 4.79 Å². The number of hydrogen-bond acceptors (Lipinski definition) is 4. The van der Waals surface area contributed by atoms with Crippen LogP contribution >= 0.6 is 0 Å². The number of nitrogens with two attached hydrogens (primary N) is 1. The lowest BCUT2D eigenvalue weighted by Gasteiger charge is -2.25. The molecule has 4 N–H and O–H groups in total. The topological polar surface area (TPSA) is 96.9 Å². The molecule has 6 heteroatoms. The zero-order valence-corrected chi connectivity index (χ0v) is 11.8. The van der Waals surface area contributed by atoms with Gasteiger partial charge in [0.1, 0.15) is 17.8 Å². The van der Waals surface area contributed by atoms with Gasteiger partial charge in [0.2, 0.25) is 5.91 Å². The van der Waals surface area contributed by atoms with Gasteiger partial charge in [-0.15, -0.1) is 0 Å². The molecule has 0 radical (unpaired) electrons. The minimum absolute atomic E-state index is 0.0959. The smallest absolute Gasteiger partial charge is 0.233 e. The summed E-state index contributed by atoms with van der Waals surface area (Å²) in [5.41, 5.74) is 4.55. The van der Waals surface area contributed by atoms with E-state index in [1.165, 1.54) is 0 Å². The first-order valence-corrected chi connectivity index (χ1v) is 6.48. The Morgan fingerprint density at radius 3 is 2.65 bits per heavy atom. The molecule has 0 aliphatic carbocycles. The summed E-state index contributed by atoms with van der Waals surface area (Å²) in [7, 11) is 0. The average molecular weight is 279 g/mol. The third kappa shape index (κ3) is 3.88. The number of amides is 1. The SMILES string of the molecule is CCC(C)(C(=O)NCCOc1ccccc1)/C(N)=N/O. The number of benzene rings is 1. The zero-order valence-electron chi connectivity index (χ0n) is 11.8. The van der Waals surface area contributed by atoms with Gasteiger partial charge in [-0.1, -0.05) is 30.3 Å². The molecule has 20 heavy (non-hydrogen) atoms. The molecule has 0 aliphatic heterocycles. The highest BCUT2D eigenvalue weighted by Gasteiger charge is 2.36. The number of hydrogen-bond donors (Lipinski definition) is 3. The van der Waals surface area contributed by atoms with Crippen molar-refractivity contribution < 1.29 is 14.7 Å². The molecule has 1 atom stereocenters. The summed E-state index contributed by atoms with van der Waals surface area (Å²) in [6.07, 6.45) is 0.439. The van der Waals surface area contributed by atoms with Crippen LogP contribution in [0.3, 0.4) is 0 Å². The quantitative estimate of drug-likeness (QED) is 0.231. The van der Waals surface area contributed by atoms with Crippen LogP contribution < -0.4 is 15.8 Å². The average Bonchev–Trinajstić information content (AvgIpc) is 2.50. The monoisotopic (exact) mass is 279 g/mol. The van der Waals surface area contributed by atoms with Gasteiger partial charge in [-0.05, 0) is 25.5 Å². The number of carbonyl (C=O) groups excluding carboxylic acids is 1. The maximum absolute atomic E-state index is 12.1. The number of rotatable bonds is 7. The van der Waals surface area contributed by atoms with E-state index < -0.39 is 5.41 Å². The molecule has 6 nitrogen and oxygen atoms in total. The standard InChI is InChI=1S/C14H21N3O3/c1-3-14(2,12(15)17-19)13(18)16-9-10-20-11-7-5-4-6-8-11/h4-8,19H,3,9-10H2,1-2H3,(H2,15,17)(H,16,18). The molecule has 1 aromatic carbocycles. The molecule has 0 heterocycles. The van der Waals surface area contributed by atoms with Gasteiger partial charge >= 0.3 is 0 Å². The number of amidine groups is 1. The van der Waals surface area contributed by atoms with E-state index in [1.54, 1.807) is 13.8 Å². The molecule has 0 fully saturated rings. The predicted molar refractivity (Wildman–Crippen MR) is 76.8 cm³/mol. The number of ether oxygens (including phenoxy) is 1. The predicted octanol–water partition coefficient (Wildman–Crippen LogP) is 1.34. The minimum Gasteiger partial charge on any atom is -0.492 e. The fourth-order valence-electron chi connectivity index (χ4n) is 1.61. The van der Waals surface area contributed by atoms with Crippen molar-refractivity contribution in [3.8, 4) is 5.75 Å². The highest BCUT2D eigenvalue weighted by atomic mass is 16.5. The molecule has 0 saturated carbocycles. The van der Waals surface area contributed by atoms with Gasteiger partial charge in [-0.25, -0.2) is 0 Å². The molecule has 110 valence electrons. The minimum atomic E-state index is -1.01. The summed E-state index contributed by atoms with van der Waals surface area (Å²) >= 11 is 0. The maximum Gasteiger partial charge on any atom is 0.233 e. The lowest BCUT2D eigenvalue weighted by atomic mass is 9.85. The Labute approximate surface area is 118 Å². The maximum atomic E-state index is 12.1. The summed E-state index contributed by atoms with van der Waals surface area (Å²) in [5.74, 6) is 0.366. The van der Waals surface area contributed by atoms with E-state index in [4.69, 9.17) is 15.7 Å². The zero-order chi connectivity index (χ0) is 15.0. The van der Waals surface area contributed by atoms with Crippen molar-refractivity contribution in [3.63, 3.8) is 0 Å². The Morgan fingerprint density at radius 1 is 1.45 bits per heavy atom. The van der Waals surface area contributed by atoms with E-state index in [0.717, 1.165) is 5.75 Å². The summed E-state index contributed by atoms with van der Waals surface area (Å²) in [6, 6.07) is 9.34. The van der Waals surface area contributed by atoms with Gasteiger partial charge in [0.25, 0.3) is 0 Å². The first-order valence-electron chi connectivity index (χ1n) is 6.48. The third-order valence-corrected chi connectivity index (χ3v) is 3.28. The van der Waals surface area contributed by atoms with Gasteiger partial charge < -0.3 is 21.0 Å². The highest BCUT2D eigenvalue weighted by Crippen LogP contribution is 2.21. The van der Waals surface area contributed by atoms with E-state index in [0.29, 0.717) is 19.6 Å². The van der Waals surface area contributed by atoms with Crippen LogP contribution in [0, 0.1) is 5.41 Å². The number of carbonyl (C=O) groups is 1. The third-order valence-electron chi connectivity index (χ3n) is 3.28. The fourth-order valence-corrected chi connectivity index (χ4v) is 1.61. The lowest BCUT2D eigenvalue weighted by molar-refractivity contribution is -0.127.